The van der Waals surface area contributed by atoms with E-state index in [1.165, 1.54) is 17.0 Å². The van der Waals surface area contributed by atoms with E-state index in [0.29, 0.717) is 18.8 Å². The van der Waals surface area contributed by atoms with Gasteiger partial charge >= 0.3 is 6.09 Å². The van der Waals surface area contributed by atoms with Crippen LogP contribution in [0.5, 0.6) is 0 Å². The van der Waals surface area contributed by atoms with E-state index in [-0.39, 0.29) is 4.90 Å². The van der Waals surface area contributed by atoms with Crippen molar-refractivity contribution in [3.63, 3.8) is 0 Å². The summed E-state index contributed by atoms with van der Waals surface area (Å²) >= 11 is 3.37. The molecule has 1 aliphatic heterocycles. The van der Waals surface area contributed by atoms with Crippen molar-refractivity contribution < 1.29 is 17.9 Å². The summed E-state index contributed by atoms with van der Waals surface area (Å²) in [5.74, 6) is 0. The summed E-state index contributed by atoms with van der Waals surface area (Å²) in [6.07, 6.45) is -0.421. The molecule has 0 atom stereocenters. The number of hydrogen-bond donors (Lipinski definition) is 1. The van der Waals surface area contributed by atoms with Crippen LogP contribution in [0.25, 0.3) is 0 Å². The van der Waals surface area contributed by atoms with Gasteiger partial charge < -0.3 is 4.74 Å². The summed E-state index contributed by atoms with van der Waals surface area (Å²) in [7, 11) is -3.73. The molecule has 1 fully saturated rings. The molecule has 0 unspecified atom stereocenters. The van der Waals surface area contributed by atoms with Crippen LogP contribution in [0.3, 0.4) is 0 Å². The van der Waals surface area contributed by atoms with Gasteiger partial charge in [-0.25, -0.2) is 17.9 Å². The van der Waals surface area contributed by atoms with E-state index in [1.54, 1.807) is 12.1 Å². The number of ether oxygens (including phenoxy) is 1. The summed E-state index contributed by atoms with van der Waals surface area (Å²) in [5, 5.41) is 0. The lowest BCUT2D eigenvalue weighted by atomic mass is 9.96. The number of anilines is 1. The molecule has 3 rings (SSSR count). The molecule has 0 radical (unpaired) electrons. The maximum atomic E-state index is 12.8. The van der Waals surface area contributed by atoms with E-state index < -0.39 is 21.7 Å². The first-order chi connectivity index (χ1) is 12.2. The second-order valence-corrected chi connectivity index (χ2v) is 9.10. The summed E-state index contributed by atoms with van der Waals surface area (Å²) < 4.78 is 34.1. The van der Waals surface area contributed by atoms with Crippen molar-refractivity contribution in [3.05, 3.63) is 58.6 Å². The lowest BCUT2D eigenvalue weighted by molar-refractivity contribution is 0.181. The number of carbonyl (C=O) groups excluding carboxylic acids is 1. The highest BCUT2D eigenvalue weighted by Crippen LogP contribution is 2.26. The van der Waals surface area contributed by atoms with Gasteiger partial charge in [-0.3, -0.25) is 4.90 Å². The Morgan fingerprint density at radius 3 is 2.23 bits per heavy atom. The molecule has 138 valence electrons. The van der Waals surface area contributed by atoms with Crippen LogP contribution in [0, 0.1) is 0 Å². The average Bonchev–Trinajstić information content (AvgIpc) is 3.00. The standard InChI is InChI=1S/C18H19BrN2O4S/c1-18(2,13-3-5-14(19)6-4-13)20-26(23,24)16-9-7-15(8-10-16)21-11-12-25-17(21)22/h3-10,20H,11-12H2,1-2H3. The smallest absolute Gasteiger partial charge is 0.414 e. The molecule has 0 aliphatic carbocycles. The molecule has 1 amide bonds. The molecule has 0 saturated carbocycles. The van der Waals surface area contributed by atoms with Gasteiger partial charge in [0.2, 0.25) is 10.0 Å². The Balaban J connectivity index is 1.81. The number of nitrogens with one attached hydrogen (secondary N) is 1. The van der Waals surface area contributed by atoms with Gasteiger partial charge in [0, 0.05) is 10.2 Å². The van der Waals surface area contributed by atoms with Crippen molar-refractivity contribution in [2.24, 2.45) is 0 Å². The van der Waals surface area contributed by atoms with Crippen LogP contribution in [-0.4, -0.2) is 27.7 Å². The van der Waals surface area contributed by atoms with Crippen molar-refractivity contribution in [3.8, 4) is 0 Å². The Labute approximate surface area is 161 Å². The number of benzene rings is 2. The number of amides is 1. The third kappa shape index (κ3) is 3.92. The van der Waals surface area contributed by atoms with Crippen molar-refractivity contribution in [1.82, 2.24) is 4.72 Å². The first-order valence-corrected chi connectivity index (χ1v) is 10.3. The van der Waals surface area contributed by atoms with E-state index in [4.69, 9.17) is 4.74 Å². The summed E-state index contributed by atoms with van der Waals surface area (Å²) in [4.78, 5) is 13.2. The topological polar surface area (TPSA) is 75.7 Å². The monoisotopic (exact) mass is 438 g/mol. The third-order valence-corrected chi connectivity index (χ3v) is 6.38. The Morgan fingerprint density at radius 2 is 1.69 bits per heavy atom. The first kappa shape index (κ1) is 18.9. The molecule has 2 aromatic carbocycles. The maximum Gasteiger partial charge on any atom is 0.414 e. The molecule has 0 bridgehead atoms. The first-order valence-electron chi connectivity index (χ1n) is 8.03. The SMILES string of the molecule is CC(C)(NS(=O)(=O)c1ccc(N2CCOC2=O)cc1)c1ccc(Br)cc1. The number of nitrogens with zero attached hydrogens (tertiary/aromatic N) is 1. The van der Waals surface area contributed by atoms with E-state index in [0.717, 1.165) is 10.0 Å². The molecule has 8 heteroatoms. The van der Waals surface area contributed by atoms with Crippen molar-refractivity contribution in [2.75, 3.05) is 18.1 Å². The molecule has 6 nitrogen and oxygen atoms in total. The van der Waals surface area contributed by atoms with Crippen molar-refractivity contribution in [2.45, 2.75) is 24.3 Å². The van der Waals surface area contributed by atoms with E-state index in [1.807, 2.05) is 38.1 Å². The van der Waals surface area contributed by atoms with Crippen molar-refractivity contribution in [1.29, 1.82) is 0 Å². The summed E-state index contributed by atoms with van der Waals surface area (Å²) in [5.41, 5.74) is 0.677. The molecule has 2 aromatic rings. The van der Waals surface area contributed by atoms with Crippen LogP contribution in [0.4, 0.5) is 10.5 Å². The second kappa shape index (κ2) is 7.02. The molecule has 1 aliphatic rings. The number of sulfonamides is 1. The fourth-order valence-corrected chi connectivity index (χ4v) is 4.42. The highest BCUT2D eigenvalue weighted by Gasteiger charge is 2.29. The molecular formula is C18H19BrN2O4S. The second-order valence-electron chi connectivity index (χ2n) is 6.50. The van der Waals surface area contributed by atoms with Gasteiger partial charge in [0.1, 0.15) is 6.61 Å². The van der Waals surface area contributed by atoms with Crippen LogP contribution in [0.15, 0.2) is 57.9 Å². The highest BCUT2D eigenvalue weighted by atomic mass is 79.9. The zero-order valence-electron chi connectivity index (χ0n) is 14.4. The van der Waals surface area contributed by atoms with Crippen LogP contribution in [-0.2, 0) is 20.3 Å². The van der Waals surface area contributed by atoms with Gasteiger partial charge in [-0.15, -0.1) is 0 Å². The largest absolute Gasteiger partial charge is 0.447 e. The minimum absolute atomic E-state index is 0.138. The Morgan fingerprint density at radius 1 is 1.08 bits per heavy atom. The number of hydrogen-bond acceptors (Lipinski definition) is 4. The lowest BCUT2D eigenvalue weighted by Gasteiger charge is -2.27. The van der Waals surface area contributed by atoms with E-state index in [2.05, 4.69) is 20.7 Å². The highest BCUT2D eigenvalue weighted by molar-refractivity contribution is 9.10. The molecule has 0 spiro atoms. The predicted molar refractivity (Wildman–Crippen MR) is 103 cm³/mol. The quantitative estimate of drug-likeness (QED) is 0.773. The molecule has 1 heterocycles. The lowest BCUT2D eigenvalue weighted by Crippen LogP contribution is -2.40. The van der Waals surface area contributed by atoms with Gasteiger partial charge in [0.15, 0.2) is 0 Å². The average molecular weight is 439 g/mol. The molecule has 26 heavy (non-hydrogen) atoms. The molecule has 1 N–H and O–H groups in total. The number of halogens is 1. The number of carbonyl (C=O) groups is 1. The van der Waals surface area contributed by atoms with E-state index >= 15 is 0 Å². The Hall–Kier alpha value is -1.90. The van der Waals surface area contributed by atoms with Crippen molar-refractivity contribution >= 4 is 37.7 Å². The van der Waals surface area contributed by atoms with Crippen LogP contribution >= 0.6 is 15.9 Å². The van der Waals surface area contributed by atoms with Crippen LogP contribution in [0.2, 0.25) is 0 Å². The zero-order valence-corrected chi connectivity index (χ0v) is 16.8. The minimum Gasteiger partial charge on any atom is -0.447 e. The maximum absolute atomic E-state index is 12.8. The third-order valence-electron chi connectivity index (χ3n) is 4.17. The normalized spacial score (nSPS) is 15.2. The van der Waals surface area contributed by atoms with E-state index in [9.17, 15) is 13.2 Å². The van der Waals surface area contributed by atoms with Gasteiger partial charge in [0.25, 0.3) is 0 Å². The number of cyclic esters (lactones) is 1. The van der Waals surface area contributed by atoms with Gasteiger partial charge in [-0.05, 0) is 55.8 Å². The predicted octanol–water partition coefficient (Wildman–Crippen LogP) is 3.62. The summed E-state index contributed by atoms with van der Waals surface area (Å²) in [6, 6.07) is 13.7. The molecular weight excluding hydrogens is 420 g/mol. The Bertz CT molecular complexity index is 909. The Kier molecular flexibility index (Phi) is 5.09. The fourth-order valence-electron chi connectivity index (χ4n) is 2.75. The van der Waals surface area contributed by atoms with Crippen LogP contribution < -0.4 is 9.62 Å². The van der Waals surface area contributed by atoms with Crippen LogP contribution in [0.1, 0.15) is 19.4 Å². The molecule has 1 saturated heterocycles. The minimum atomic E-state index is -3.73. The molecule has 0 aromatic heterocycles. The summed E-state index contributed by atoms with van der Waals surface area (Å²) in [6.45, 7) is 4.41. The fraction of sp³-hybridized carbons (Fsp3) is 0.278. The van der Waals surface area contributed by atoms with Gasteiger partial charge in [-0.1, -0.05) is 28.1 Å². The number of rotatable bonds is 5. The van der Waals surface area contributed by atoms with Gasteiger partial charge in [-0.2, -0.15) is 0 Å². The zero-order chi connectivity index (χ0) is 18.9. The van der Waals surface area contributed by atoms with Gasteiger partial charge in [0.05, 0.1) is 17.0 Å².